The minimum atomic E-state index is -0.337. The first-order valence-corrected chi connectivity index (χ1v) is 5.35. The summed E-state index contributed by atoms with van der Waals surface area (Å²) in [7, 11) is 1.88. The van der Waals surface area contributed by atoms with Gasteiger partial charge in [-0.05, 0) is 24.8 Å². The highest BCUT2D eigenvalue weighted by molar-refractivity contribution is 5.04. The normalized spacial score (nSPS) is 12.0. The fourth-order valence-corrected chi connectivity index (χ4v) is 1.62. The summed E-state index contributed by atoms with van der Waals surface area (Å²) in [5.74, 6) is 0. The molecule has 0 spiro atoms. The first-order chi connectivity index (χ1) is 7.15. The number of aryl methyl sites for hydroxylation is 2. The van der Waals surface area contributed by atoms with Gasteiger partial charge in [-0.15, -0.1) is 0 Å². The number of aliphatic hydroxyl groups is 2. The van der Waals surface area contributed by atoms with Gasteiger partial charge < -0.3 is 10.2 Å². The molecule has 2 N–H and O–H groups in total. The van der Waals surface area contributed by atoms with Crippen LogP contribution in [0.5, 0.6) is 0 Å². The first kappa shape index (κ1) is 12.2. The van der Waals surface area contributed by atoms with Crippen molar-refractivity contribution >= 4 is 0 Å². The summed E-state index contributed by atoms with van der Waals surface area (Å²) in [5, 5.41) is 22.6. The van der Waals surface area contributed by atoms with E-state index >= 15 is 0 Å². The Bertz CT molecular complexity index is 284. The maximum Gasteiger partial charge on any atom is 0.0521 e. The summed E-state index contributed by atoms with van der Waals surface area (Å²) in [6.07, 6.45) is 6.23. The zero-order chi connectivity index (χ0) is 11.3. The van der Waals surface area contributed by atoms with Crippen LogP contribution < -0.4 is 0 Å². The van der Waals surface area contributed by atoms with Crippen LogP contribution in [0.4, 0.5) is 0 Å². The maximum absolute atomic E-state index is 9.28. The largest absolute Gasteiger partial charge is 0.396 e. The third-order valence-electron chi connectivity index (χ3n) is 3.12. The molecule has 0 bridgehead atoms. The van der Waals surface area contributed by atoms with E-state index in [1.165, 1.54) is 0 Å². The Morgan fingerprint density at radius 3 is 2.47 bits per heavy atom. The van der Waals surface area contributed by atoms with Gasteiger partial charge in [-0.25, -0.2) is 0 Å². The predicted molar refractivity (Wildman–Crippen MR) is 58.4 cm³/mol. The second-order valence-electron chi connectivity index (χ2n) is 4.19. The molecule has 1 rings (SSSR count). The highest BCUT2D eigenvalue weighted by Gasteiger charge is 2.26. The predicted octanol–water partition coefficient (Wildman–Crippen LogP) is 0.734. The zero-order valence-corrected chi connectivity index (χ0v) is 9.48. The van der Waals surface area contributed by atoms with Crippen molar-refractivity contribution in [3.63, 3.8) is 0 Å². The molecule has 0 saturated carbocycles. The molecule has 0 aliphatic carbocycles. The molecule has 0 radical (unpaired) electrons. The molecule has 0 fully saturated rings. The van der Waals surface area contributed by atoms with Gasteiger partial charge in [0, 0.05) is 18.7 Å². The van der Waals surface area contributed by atoms with Crippen molar-refractivity contribution in [1.82, 2.24) is 9.78 Å². The van der Waals surface area contributed by atoms with Crippen LogP contribution in [-0.4, -0.2) is 33.2 Å². The SMILES string of the molecule is CCC(CO)(CO)CCc1cnn(C)c1. The lowest BCUT2D eigenvalue weighted by Gasteiger charge is -2.27. The molecule has 0 aromatic carbocycles. The van der Waals surface area contributed by atoms with Crippen molar-refractivity contribution in [2.75, 3.05) is 13.2 Å². The smallest absolute Gasteiger partial charge is 0.0521 e. The van der Waals surface area contributed by atoms with Gasteiger partial charge in [-0.3, -0.25) is 4.68 Å². The average Bonchev–Trinajstić information content (AvgIpc) is 2.67. The third kappa shape index (κ3) is 3.04. The number of hydrogen-bond acceptors (Lipinski definition) is 3. The Hall–Kier alpha value is -0.870. The number of aromatic nitrogens is 2. The van der Waals surface area contributed by atoms with Gasteiger partial charge in [-0.2, -0.15) is 5.10 Å². The van der Waals surface area contributed by atoms with E-state index < -0.39 is 0 Å². The Morgan fingerprint density at radius 1 is 1.40 bits per heavy atom. The number of aliphatic hydroxyl groups excluding tert-OH is 2. The summed E-state index contributed by atoms with van der Waals surface area (Å²) in [4.78, 5) is 0. The second kappa shape index (κ2) is 5.28. The Labute approximate surface area is 90.5 Å². The molecule has 1 heterocycles. The van der Waals surface area contributed by atoms with Crippen molar-refractivity contribution in [2.45, 2.75) is 26.2 Å². The van der Waals surface area contributed by atoms with Crippen LogP contribution in [-0.2, 0) is 13.5 Å². The zero-order valence-electron chi connectivity index (χ0n) is 9.48. The summed E-state index contributed by atoms with van der Waals surface area (Å²) >= 11 is 0. The van der Waals surface area contributed by atoms with Crippen molar-refractivity contribution in [3.8, 4) is 0 Å². The molecule has 0 saturated heterocycles. The van der Waals surface area contributed by atoms with Gasteiger partial charge in [0.1, 0.15) is 0 Å². The molecular formula is C11H20N2O2. The number of hydrogen-bond donors (Lipinski definition) is 2. The minimum Gasteiger partial charge on any atom is -0.396 e. The molecule has 0 amide bonds. The number of nitrogens with zero attached hydrogens (tertiary/aromatic N) is 2. The van der Waals surface area contributed by atoms with Crippen LogP contribution in [0.1, 0.15) is 25.3 Å². The van der Waals surface area contributed by atoms with Crippen LogP contribution in [0.2, 0.25) is 0 Å². The first-order valence-electron chi connectivity index (χ1n) is 5.35. The lowest BCUT2D eigenvalue weighted by Crippen LogP contribution is -2.29. The maximum atomic E-state index is 9.28. The molecule has 4 heteroatoms. The number of rotatable bonds is 6. The van der Waals surface area contributed by atoms with Gasteiger partial charge in [0.15, 0.2) is 0 Å². The van der Waals surface area contributed by atoms with Crippen molar-refractivity contribution in [1.29, 1.82) is 0 Å². The van der Waals surface area contributed by atoms with E-state index in [1.54, 1.807) is 4.68 Å². The summed E-state index contributed by atoms with van der Waals surface area (Å²) in [6, 6.07) is 0. The highest BCUT2D eigenvalue weighted by Crippen LogP contribution is 2.26. The molecule has 1 aromatic rings. The molecule has 0 unspecified atom stereocenters. The highest BCUT2D eigenvalue weighted by atomic mass is 16.3. The van der Waals surface area contributed by atoms with Crippen LogP contribution in [0.25, 0.3) is 0 Å². The second-order valence-corrected chi connectivity index (χ2v) is 4.19. The minimum absolute atomic E-state index is 0.0419. The van der Waals surface area contributed by atoms with Gasteiger partial charge in [0.05, 0.1) is 19.4 Å². The Kier molecular flexibility index (Phi) is 4.29. The summed E-state index contributed by atoms with van der Waals surface area (Å²) in [6.45, 7) is 2.08. The van der Waals surface area contributed by atoms with Gasteiger partial charge in [0.25, 0.3) is 0 Å². The molecule has 86 valence electrons. The van der Waals surface area contributed by atoms with Crippen LogP contribution >= 0.6 is 0 Å². The quantitative estimate of drug-likeness (QED) is 0.731. The van der Waals surface area contributed by atoms with E-state index in [0.717, 1.165) is 24.8 Å². The average molecular weight is 212 g/mol. The van der Waals surface area contributed by atoms with E-state index in [9.17, 15) is 10.2 Å². The van der Waals surface area contributed by atoms with Gasteiger partial charge in [0.2, 0.25) is 0 Å². The van der Waals surface area contributed by atoms with Crippen LogP contribution in [0.15, 0.2) is 12.4 Å². The van der Waals surface area contributed by atoms with Crippen molar-refractivity contribution < 1.29 is 10.2 Å². The molecule has 15 heavy (non-hydrogen) atoms. The summed E-state index contributed by atoms with van der Waals surface area (Å²) < 4.78 is 1.76. The molecular weight excluding hydrogens is 192 g/mol. The van der Waals surface area contributed by atoms with Gasteiger partial charge >= 0.3 is 0 Å². The van der Waals surface area contributed by atoms with Crippen molar-refractivity contribution in [2.24, 2.45) is 12.5 Å². The fourth-order valence-electron chi connectivity index (χ4n) is 1.62. The topological polar surface area (TPSA) is 58.3 Å². The van der Waals surface area contributed by atoms with Crippen molar-refractivity contribution in [3.05, 3.63) is 18.0 Å². The third-order valence-corrected chi connectivity index (χ3v) is 3.12. The monoisotopic (exact) mass is 212 g/mol. The van der Waals surface area contributed by atoms with E-state index in [-0.39, 0.29) is 18.6 Å². The molecule has 4 nitrogen and oxygen atoms in total. The van der Waals surface area contributed by atoms with Crippen LogP contribution in [0.3, 0.4) is 0 Å². The van der Waals surface area contributed by atoms with E-state index in [1.807, 2.05) is 26.4 Å². The fraction of sp³-hybridized carbons (Fsp3) is 0.727. The lowest BCUT2D eigenvalue weighted by molar-refractivity contribution is 0.0441. The standard InChI is InChI=1S/C11H20N2O2/c1-3-11(8-14,9-15)5-4-10-6-12-13(2)7-10/h6-7,14-15H,3-5,8-9H2,1-2H3. The van der Waals surface area contributed by atoms with E-state index in [2.05, 4.69) is 5.10 Å². The lowest BCUT2D eigenvalue weighted by atomic mass is 9.81. The Balaban J connectivity index is 2.54. The van der Waals surface area contributed by atoms with E-state index in [0.29, 0.717) is 0 Å². The Morgan fingerprint density at radius 2 is 2.07 bits per heavy atom. The molecule has 0 aliphatic heterocycles. The molecule has 1 aromatic heterocycles. The van der Waals surface area contributed by atoms with E-state index in [4.69, 9.17) is 0 Å². The van der Waals surface area contributed by atoms with Gasteiger partial charge in [-0.1, -0.05) is 6.92 Å². The summed E-state index contributed by atoms with van der Waals surface area (Å²) in [5.41, 5.74) is 0.813. The van der Waals surface area contributed by atoms with Crippen LogP contribution in [0, 0.1) is 5.41 Å². The molecule has 0 atom stereocenters. The molecule has 0 aliphatic rings.